The van der Waals surface area contributed by atoms with Crippen molar-refractivity contribution in [1.82, 2.24) is 46.0 Å². The number of tetrazole rings is 1. The first-order chi connectivity index (χ1) is 19.0. The van der Waals surface area contributed by atoms with Crippen LogP contribution in [0.2, 0.25) is 0 Å². The van der Waals surface area contributed by atoms with Crippen LogP contribution in [0.5, 0.6) is 0 Å². The number of likely N-dealkylation sites (tertiary alicyclic amines) is 1. The van der Waals surface area contributed by atoms with Crippen LogP contribution in [-0.4, -0.2) is 114 Å². The Bertz CT molecular complexity index is 1240. The molecule has 0 aliphatic carbocycles. The van der Waals surface area contributed by atoms with Crippen molar-refractivity contribution in [1.29, 1.82) is 5.41 Å². The van der Waals surface area contributed by atoms with E-state index in [0.717, 1.165) is 6.42 Å². The Morgan fingerprint density at radius 3 is 2.80 bits per heavy atom. The summed E-state index contributed by atoms with van der Waals surface area (Å²) in [4.78, 5) is 54.3. The molecule has 5 heterocycles. The number of nitrogens with zero attached hydrogens (tertiary/aromatic N) is 6. The number of rotatable bonds is 8. The Labute approximate surface area is 233 Å². The molecule has 5 rings (SSSR count). The van der Waals surface area contributed by atoms with E-state index in [1.807, 2.05) is 6.92 Å². The number of carboxylic acid groups (broad SMARTS) is 1. The minimum Gasteiger partial charge on any atom is -0.477 e. The second kappa shape index (κ2) is 11.1. The average Bonchev–Trinajstić information content (AvgIpc) is 3.68. The predicted molar refractivity (Wildman–Crippen MR) is 141 cm³/mol. The molecule has 16 nitrogen and oxygen atoms in total. The molecule has 3 amide bonds. The maximum atomic E-state index is 13.1. The van der Waals surface area contributed by atoms with Crippen LogP contribution in [0.15, 0.2) is 16.9 Å². The number of aromatic nitrogens is 4. The standard InChI is InChI=1S/C23H33N11O5S/c1-10-17-16(11(2)28-15(35)8-33-9-27-30-31-33)21(37)34(17)18(22(38)39)19(10)40-13-5-14(26-6-13)20(36)29-23(25)32-4-3-12(24)7-32/h9-14,16-17,26H,3-8,24H2,1-2H3,(H,28,35)(H,38,39)(H2,25,29,36)/t10-,11-,12-,13+,14?,16-,17-/m1/s1. The number of nitrogens with one attached hydrogen (secondary N) is 4. The maximum Gasteiger partial charge on any atom is 0.353 e. The van der Waals surface area contributed by atoms with Gasteiger partial charge < -0.3 is 31.3 Å². The number of hydrogen-bond acceptors (Lipinski definition) is 11. The molecule has 7 N–H and O–H groups in total. The van der Waals surface area contributed by atoms with Gasteiger partial charge in [-0.25, -0.2) is 9.48 Å². The zero-order valence-corrected chi connectivity index (χ0v) is 22.9. The molecule has 17 heteroatoms. The summed E-state index contributed by atoms with van der Waals surface area (Å²) in [5.74, 6) is -3.02. The number of amides is 3. The molecular weight excluding hydrogens is 542 g/mol. The monoisotopic (exact) mass is 575 g/mol. The van der Waals surface area contributed by atoms with Crippen molar-refractivity contribution in [2.24, 2.45) is 17.6 Å². The third-order valence-corrected chi connectivity index (χ3v) is 9.41. The Morgan fingerprint density at radius 2 is 2.15 bits per heavy atom. The first kappa shape index (κ1) is 28.0. The normalized spacial score (nSPS) is 30.2. The van der Waals surface area contributed by atoms with E-state index in [-0.39, 0.29) is 53.1 Å². The molecule has 3 fully saturated rings. The highest BCUT2D eigenvalue weighted by molar-refractivity contribution is 8.03. The summed E-state index contributed by atoms with van der Waals surface area (Å²) in [5, 5.41) is 37.4. The van der Waals surface area contributed by atoms with Crippen molar-refractivity contribution >= 4 is 41.4 Å². The van der Waals surface area contributed by atoms with Crippen molar-refractivity contribution in [2.45, 2.75) is 62.7 Å². The lowest BCUT2D eigenvalue weighted by Crippen LogP contribution is -2.66. The number of thioether (sulfide) groups is 1. The SMILES string of the molecule is C[C@@H](NC(=O)Cn1cnnn1)[C@H]1C(=O)N2C(C(=O)O)=C(S[C@@H]3CNC(C(=O)NC(=N)N4CC[C@@H](N)C4)C3)[C@H](C)[C@H]12. The van der Waals surface area contributed by atoms with Crippen LogP contribution in [0, 0.1) is 17.2 Å². The van der Waals surface area contributed by atoms with E-state index in [9.17, 15) is 24.3 Å². The maximum absolute atomic E-state index is 13.1. The van der Waals surface area contributed by atoms with E-state index in [4.69, 9.17) is 11.1 Å². The fourth-order valence-corrected chi connectivity index (χ4v) is 7.41. The minimum atomic E-state index is -1.18. The van der Waals surface area contributed by atoms with E-state index >= 15 is 0 Å². The summed E-state index contributed by atoms with van der Waals surface area (Å²) in [6.07, 6.45) is 2.52. The average molecular weight is 576 g/mol. The number of hydrogen-bond donors (Lipinski definition) is 6. The van der Waals surface area contributed by atoms with Crippen LogP contribution in [0.3, 0.4) is 0 Å². The molecule has 40 heavy (non-hydrogen) atoms. The number of nitrogens with two attached hydrogens (primary N) is 1. The number of carbonyl (C=O) groups is 4. The molecule has 0 bridgehead atoms. The fourth-order valence-electron chi connectivity index (χ4n) is 5.93. The van der Waals surface area contributed by atoms with Gasteiger partial charge in [-0.05, 0) is 30.2 Å². The number of β-lactam (4-membered cyclic amide) rings is 1. The van der Waals surface area contributed by atoms with Gasteiger partial charge >= 0.3 is 5.97 Å². The van der Waals surface area contributed by atoms with Gasteiger partial charge in [0.15, 0.2) is 5.96 Å². The van der Waals surface area contributed by atoms with Crippen molar-refractivity contribution in [3.05, 3.63) is 16.9 Å². The van der Waals surface area contributed by atoms with Gasteiger partial charge in [0.2, 0.25) is 17.7 Å². The predicted octanol–water partition coefficient (Wildman–Crippen LogP) is -2.50. The van der Waals surface area contributed by atoms with Crippen LogP contribution in [-0.2, 0) is 25.7 Å². The van der Waals surface area contributed by atoms with Gasteiger partial charge in [-0.1, -0.05) is 6.92 Å². The van der Waals surface area contributed by atoms with Crippen molar-refractivity contribution in [3.8, 4) is 0 Å². The molecule has 3 saturated heterocycles. The topological polar surface area (TPSA) is 225 Å². The molecule has 0 saturated carbocycles. The lowest BCUT2D eigenvalue weighted by atomic mass is 9.78. The molecule has 4 aliphatic rings. The van der Waals surface area contributed by atoms with Gasteiger partial charge in [-0.3, -0.25) is 25.1 Å². The van der Waals surface area contributed by atoms with Crippen LogP contribution >= 0.6 is 11.8 Å². The van der Waals surface area contributed by atoms with Crippen LogP contribution in [0.25, 0.3) is 0 Å². The second-order valence-corrected chi connectivity index (χ2v) is 12.0. The third-order valence-electron chi connectivity index (χ3n) is 7.90. The van der Waals surface area contributed by atoms with E-state index in [0.29, 0.717) is 31.0 Å². The Morgan fingerprint density at radius 1 is 1.38 bits per heavy atom. The molecule has 1 unspecified atom stereocenters. The smallest absolute Gasteiger partial charge is 0.353 e. The number of carboxylic acids is 1. The zero-order valence-electron chi connectivity index (χ0n) is 22.1. The zero-order chi connectivity index (χ0) is 28.7. The summed E-state index contributed by atoms with van der Waals surface area (Å²) in [5.41, 5.74) is 5.86. The van der Waals surface area contributed by atoms with Gasteiger partial charge in [-0.15, -0.1) is 16.9 Å². The Hall–Kier alpha value is -3.57. The highest BCUT2D eigenvalue weighted by atomic mass is 32.2. The number of aliphatic carboxylic acids is 1. The molecule has 1 aromatic rings. The molecular formula is C23H33N11O5S. The summed E-state index contributed by atoms with van der Waals surface area (Å²) in [6, 6.07) is -1.46. The number of guanidine groups is 1. The summed E-state index contributed by atoms with van der Waals surface area (Å²) >= 11 is 1.37. The number of fused-ring (bicyclic) bond motifs is 1. The van der Waals surface area contributed by atoms with Crippen LogP contribution in [0.4, 0.5) is 0 Å². The molecule has 7 atom stereocenters. The summed E-state index contributed by atoms with van der Waals surface area (Å²) in [7, 11) is 0. The lowest BCUT2D eigenvalue weighted by molar-refractivity contribution is -0.158. The third kappa shape index (κ3) is 5.27. The lowest BCUT2D eigenvalue weighted by Gasteiger charge is -2.47. The highest BCUT2D eigenvalue weighted by Crippen LogP contribution is 2.51. The van der Waals surface area contributed by atoms with Crippen LogP contribution in [0.1, 0.15) is 26.7 Å². The molecule has 4 aliphatic heterocycles. The first-order valence-electron chi connectivity index (χ1n) is 13.2. The van der Waals surface area contributed by atoms with Crippen molar-refractivity contribution in [3.63, 3.8) is 0 Å². The van der Waals surface area contributed by atoms with Gasteiger partial charge in [0, 0.05) is 47.8 Å². The quantitative estimate of drug-likeness (QED) is 0.107. The highest BCUT2D eigenvalue weighted by Gasteiger charge is 2.60. The van der Waals surface area contributed by atoms with Gasteiger partial charge in [0.1, 0.15) is 18.6 Å². The molecule has 1 aromatic heterocycles. The van der Waals surface area contributed by atoms with Crippen LogP contribution < -0.4 is 21.7 Å². The first-order valence-corrected chi connectivity index (χ1v) is 14.0. The second-order valence-electron chi connectivity index (χ2n) is 10.7. The molecule has 0 aromatic carbocycles. The minimum absolute atomic E-state index is 0.0123. The Kier molecular flexibility index (Phi) is 7.78. The Balaban J connectivity index is 1.19. The summed E-state index contributed by atoms with van der Waals surface area (Å²) < 4.78 is 1.27. The van der Waals surface area contributed by atoms with Crippen molar-refractivity contribution in [2.75, 3.05) is 19.6 Å². The molecule has 0 spiro atoms. The van der Waals surface area contributed by atoms with E-state index < -0.39 is 30.0 Å². The largest absolute Gasteiger partial charge is 0.477 e. The van der Waals surface area contributed by atoms with Gasteiger partial charge in [-0.2, -0.15) is 0 Å². The van der Waals surface area contributed by atoms with E-state index in [1.54, 1.807) is 11.8 Å². The van der Waals surface area contributed by atoms with Gasteiger partial charge in [0.05, 0.1) is 18.0 Å². The van der Waals surface area contributed by atoms with Crippen molar-refractivity contribution < 1.29 is 24.3 Å². The number of carbonyl (C=O) groups excluding carboxylic acids is 3. The molecule has 0 radical (unpaired) electrons. The van der Waals surface area contributed by atoms with E-state index in [2.05, 4.69) is 31.5 Å². The fraction of sp³-hybridized carbons (Fsp3) is 0.652. The van der Waals surface area contributed by atoms with E-state index in [1.165, 1.54) is 27.7 Å². The molecule has 216 valence electrons. The van der Waals surface area contributed by atoms with Gasteiger partial charge in [0.25, 0.3) is 0 Å². The summed E-state index contributed by atoms with van der Waals surface area (Å²) in [6.45, 7) is 5.14.